The summed E-state index contributed by atoms with van der Waals surface area (Å²) in [7, 11) is 9.87. The van der Waals surface area contributed by atoms with Gasteiger partial charge in [-0.3, -0.25) is 15.1 Å². The number of hydrogen-bond donors (Lipinski definition) is 1. The minimum atomic E-state index is -0.826. The first kappa shape index (κ1) is 26.8. The SMILES string of the molecule is CC(c1ccccc1)(c1ccccc1)c1cc([N+](=O)[O-])cc(C=Nc2ccccc2)c1O.[Cl][Zr][Cl]. The number of nitro groups is 1. The van der Waals surface area contributed by atoms with E-state index >= 15 is 0 Å². The van der Waals surface area contributed by atoms with E-state index in [2.05, 4.69) is 4.99 Å². The molecule has 0 aliphatic carbocycles. The summed E-state index contributed by atoms with van der Waals surface area (Å²) in [4.78, 5) is 15.7. The van der Waals surface area contributed by atoms with Gasteiger partial charge >= 0.3 is 37.9 Å². The second kappa shape index (κ2) is 12.8. The number of nitro benzene ring substituents is 1. The molecule has 0 bridgehead atoms. The van der Waals surface area contributed by atoms with Gasteiger partial charge in [0.15, 0.2) is 0 Å². The van der Waals surface area contributed by atoms with E-state index in [0.717, 1.165) is 11.1 Å². The van der Waals surface area contributed by atoms with Crippen LogP contribution in [0.5, 0.6) is 5.75 Å². The normalized spacial score (nSPS) is 10.9. The van der Waals surface area contributed by atoms with Gasteiger partial charge in [0.2, 0.25) is 0 Å². The molecule has 4 rings (SSSR count). The Kier molecular flexibility index (Phi) is 9.79. The van der Waals surface area contributed by atoms with Crippen molar-refractivity contribution in [2.45, 2.75) is 12.3 Å². The van der Waals surface area contributed by atoms with E-state index in [-0.39, 0.29) is 17.0 Å². The van der Waals surface area contributed by atoms with Gasteiger partial charge in [-0.05, 0) is 30.2 Å². The van der Waals surface area contributed by atoms with E-state index in [4.69, 9.17) is 17.0 Å². The van der Waals surface area contributed by atoms with Crippen molar-refractivity contribution in [2.24, 2.45) is 4.99 Å². The summed E-state index contributed by atoms with van der Waals surface area (Å²) in [5.74, 6) is -0.0366. The minimum absolute atomic E-state index is 0.0366. The fraction of sp³-hybridized carbons (Fsp3) is 0.0741. The Labute approximate surface area is 222 Å². The fourth-order valence-electron chi connectivity index (χ4n) is 3.90. The standard InChI is InChI=1S/C27H22N2O3.2ClH.Zr/c1-27(21-11-5-2-6-12-21,22-13-7-3-8-14-22)25-18-24(29(31)32)17-20(26(25)30)19-28-23-15-9-4-10-16-23;;;/h2-19,30H,1H3;2*1H;/q;;;+2/p-2. The second-order valence-corrected chi connectivity index (χ2v) is 11.4. The van der Waals surface area contributed by atoms with Crippen molar-refractivity contribution in [2.75, 3.05) is 0 Å². The molecule has 4 aromatic rings. The number of para-hydroxylation sites is 1. The Balaban J connectivity index is 0.00000108. The summed E-state index contributed by atoms with van der Waals surface area (Å²) in [5.41, 5.74) is 2.31. The Morgan fingerprint density at radius 2 is 1.34 bits per heavy atom. The molecule has 0 heterocycles. The number of aliphatic imine (C=N–C) groups is 1. The number of aromatic hydroxyl groups is 1. The number of hydrogen-bond acceptors (Lipinski definition) is 4. The molecule has 0 unspecified atom stereocenters. The third-order valence-electron chi connectivity index (χ3n) is 5.68. The molecule has 0 saturated carbocycles. The van der Waals surface area contributed by atoms with Crippen LogP contribution in [0.4, 0.5) is 11.4 Å². The molecule has 0 amide bonds. The van der Waals surface area contributed by atoms with Crippen molar-refractivity contribution in [1.29, 1.82) is 0 Å². The van der Waals surface area contributed by atoms with Gasteiger partial charge < -0.3 is 5.11 Å². The van der Waals surface area contributed by atoms with Crippen molar-refractivity contribution in [3.8, 4) is 5.75 Å². The number of rotatable bonds is 6. The van der Waals surface area contributed by atoms with E-state index in [9.17, 15) is 15.2 Å². The van der Waals surface area contributed by atoms with Crippen molar-refractivity contribution >= 4 is 34.6 Å². The predicted octanol–water partition coefficient (Wildman–Crippen LogP) is 7.78. The molecule has 176 valence electrons. The van der Waals surface area contributed by atoms with E-state index in [0.29, 0.717) is 11.3 Å². The molecule has 0 aliphatic rings. The van der Waals surface area contributed by atoms with E-state index in [1.807, 2.05) is 97.9 Å². The predicted molar refractivity (Wildman–Crippen MR) is 139 cm³/mol. The van der Waals surface area contributed by atoms with Crippen LogP contribution in [0, 0.1) is 10.1 Å². The molecule has 0 fully saturated rings. The average molecular weight is 585 g/mol. The van der Waals surface area contributed by atoms with Gasteiger partial charge in [0.05, 0.1) is 10.6 Å². The number of benzene rings is 4. The van der Waals surface area contributed by atoms with Crippen molar-refractivity contribution < 1.29 is 30.9 Å². The average Bonchev–Trinajstić information content (AvgIpc) is 2.89. The molecule has 8 heteroatoms. The molecule has 4 aromatic carbocycles. The van der Waals surface area contributed by atoms with Crippen LogP contribution >= 0.6 is 17.0 Å². The Bertz CT molecular complexity index is 1250. The first-order valence-corrected chi connectivity index (χ1v) is 16.9. The van der Waals surface area contributed by atoms with Gasteiger partial charge in [0, 0.05) is 34.9 Å². The van der Waals surface area contributed by atoms with Crippen LogP contribution in [0.2, 0.25) is 0 Å². The quantitative estimate of drug-likeness (QED) is 0.109. The van der Waals surface area contributed by atoms with Gasteiger partial charge in [0.25, 0.3) is 5.69 Å². The maximum absolute atomic E-state index is 11.8. The summed E-state index contributed by atoms with van der Waals surface area (Å²) in [6.45, 7) is 1.97. The summed E-state index contributed by atoms with van der Waals surface area (Å²) in [5, 5.41) is 23.1. The number of phenolic OH excluding ortho intramolecular Hbond substituents is 1. The Hall–Kier alpha value is -2.79. The van der Waals surface area contributed by atoms with E-state index in [1.165, 1.54) is 18.3 Å². The fourth-order valence-corrected chi connectivity index (χ4v) is 3.90. The van der Waals surface area contributed by atoms with Gasteiger partial charge in [0.1, 0.15) is 5.75 Å². The summed E-state index contributed by atoms with van der Waals surface area (Å²) in [6, 6.07) is 31.4. The number of halogens is 2. The first-order valence-electron chi connectivity index (χ1n) is 10.6. The molecule has 35 heavy (non-hydrogen) atoms. The van der Waals surface area contributed by atoms with E-state index in [1.54, 1.807) is 0 Å². The third kappa shape index (κ3) is 6.46. The number of nitrogens with zero attached hydrogens (tertiary/aromatic N) is 2. The van der Waals surface area contributed by atoms with Crippen LogP contribution in [0.3, 0.4) is 0 Å². The first-order chi connectivity index (χ1) is 16.9. The van der Waals surface area contributed by atoms with Crippen LogP contribution in [0.15, 0.2) is 108 Å². The Morgan fingerprint density at radius 1 is 0.886 bits per heavy atom. The van der Waals surface area contributed by atoms with Crippen molar-refractivity contribution in [1.82, 2.24) is 0 Å². The summed E-state index contributed by atoms with van der Waals surface area (Å²) in [6.07, 6.45) is 1.47. The number of phenols is 1. The van der Waals surface area contributed by atoms with Crippen LogP contribution in [-0.2, 0) is 26.3 Å². The maximum atomic E-state index is 11.8. The monoisotopic (exact) mass is 582 g/mol. The van der Waals surface area contributed by atoms with Crippen LogP contribution < -0.4 is 0 Å². The summed E-state index contributed by atoms with van der Waals surface area (Å²) >= 11 is -0.826. The van der Waals surface area contributed by atoms with Gasteiger partial charge in [-0.2, -0.15) is 0 Å². The number of non-ortho nitro benzene ring substituents is 1. The zero-order valence-electron chi connectivity index (χ0n) is 18.8. The van der Waals surface area contributed by atoms with Crippen LogP contribution in [0.25, 0.3) is 0 Å². The molecule has 0 radical (unpaired) electrons. The molecule has 0 saturated heterocycles. The van der Waals surface area contributed by atoms with Crippen LogP contribution in [-0.4, -0.2) is 16.2 Å². The molecule has 0 atom stereocenters. The van der Waals surface area contributed by atoms with E-state index < -0.39 is 31.2 Å². The topological polar surface area (TPSA) is 75.7 Å². The molecular formula is C27H22Cl2N2O3Zr. The molecule has 0 aromatic heterocycles. The molecule has 0 spiro atoms. The second-order valence-electron chi connectivity index (χ2n) is 7.71. The van der Waals surface area contributed by atoms with Gasteiger partial charge in [-0.25, -0.2) is 0 Å². The molecule has 5 nitrogen and oxygen atoms in total. The molecule has 0 aliphatic heterocycles. The summed E-state index contributed by atoms with van der Waals surface area (Å²) < 4.78 is 0. The third-order valence-corrected chi connectivity index (χ3v) is 5.68. The van der Waals surface area contributed by atoms with Crippen molar-refractivity contribution in [3.63, 3.8) is 0 Å². The Morgan fingerprint density at radius 3 is 1.80 bits per heavy atom. The van der Waals surface area contributed by atoms with Gasteiger partial charge in [-0.15, -0.1) is 0 Å². The molecule has 1 N–H and O–H groups in total. The zero-order valence-corrected chi connectivity index (χ0v) is 22.8. The zero-order chi connectivity index (χ0) is 25.3. The molecular weight excluding hydrogens is 562 g/mol. The van der Waals surface area contributed by atoms with Gasteiger partial charge in [-0.1, -0.05) is 78.9 Å². The van der Waals surface area contributed by atoms with Crippen LogP contribution in [0.1, 0.15) is 29.2 Å². The van der Waals surface area contributed by atoms with Crippen molar-refractivity contribution in [3.05, 3.63) is 135 Å².